The summed E-state index contributed by atoms with van der Waals surface area (Å²) in [7, 11) is 4.23. The number of benzene rings is 1. The van der Waals surface area contributed by atoms with Gasteiger partial charge in [-0.2, -0.15) is 0 Å². The normalized spacial score (nSPS) is 18.4. The predicted molar refractivity (Wildman–Crippen MR) is 106 cm³/mol. The fourth-order valence-electron chi connectivity index (χ4n) is 2.89. The number of nitrogens with zero attached hydrogens (tertiary/aromatic N) is 3. The van der Waals surface area contributed by atoms with E-state index in [0.717, 1.165) is 51.0 Å². The molecule has 1 aromatic rings. The maximum absolute atomic E-state index is 4.82. The van der Waals surface area contributed by atoms with Crippen molar-refractivity contribution >= 4 is 17.7 Å². The molecule has 1 saturated heterocycles. The van der Waals surface area contributed by atoms with E-state index in [1.54, 1.807) is 0 Å². The Morgan fingerprint density at radius 1 is 1.33 bits per heavy atom. The SMILES string of the molecule is CCNC(=NCCCN(C)C)N1CCC(CSc2ccccc2)C1. The monoisotopic (exact) mass is 348 g/mol. The van der Waals surface area contributed by atoms with Gasteiger partial charge in [0.1, 0.15) is 0 Å². The summed E-state index contributed by atoms with van der Waals surface area (Å²) in [6.07, 6.45) is 2.38. The number of nitrogens with one attached hydrogen (secondary N) is 1. The molecule has 2 rings (SSSR count). The molecule has 5 heteroatoms. The van der Waals surface area contributed by atoms with Crippen molar-refractivity contribution in [1.29, 1.82) is 0 Å². The summed E-state index contributed by atoms with van der Waals surface area (Å²) in [5.74, 6) is 3.05. The summed E-state index contributed by atoms with van der Waals surface area (Å²) in [6, 6.07) is 10.7. The van der Waals surface area contributed by atoms with Gasteiger partial charge in [0.15, 0.2) is 5.96 Å². The summed E-state index contributed by atoms with van der Waals surface area (Å²) < 4.78 is 0. The van der Waals surface area contributed by atoms with Crippen molar-refractivity contribution in [2.45, 2.75) is 24.7 Å². The Balaban J connectivity index is 1.78. The number of thioether (sulfide) groups is 1. The van der Waals surface area contributed by atoms with E-state index in [2.05, 4.69) is 66.5 Å². The highest BCUT2D eigenvalue weighted by Gasteiger charge is 2.24. The van der Waals surface area contributed by atoms with Gasteiger partial charge < -0.3 is 15.1 Å². The molecule has 1 fully saturated rings. The van der Waals surface area contributed by atoms with E-state index in [1.165, 1.54) is 17.1 Å². The van der Waals surface area contributed by atoms with Gasteiger partial charge in [-0.25, -0.2) is 0 Å². The molecule has 0 radical (unpaired) electrons. The largest absolute Gasteiger partial charge is 0.357 e. The van der Waals surface area contributed by atoms with E-state index in [-0.39, 0.29) is 0 Å². The van der Waals surface area contributed by atoms with Crippen molar-refractivity contribution in [2.75, 3.05) is 52.6 Å². The zero-order valence-electron chi connectivity index (χ0n) is 15.4. The molecule has 4 nitrogen and oxygen atoms in total. The molecule has 1 N–H and O–H groups in total. The lowest BCUT2D eigenvalue weighted by Gasteiger charge is -2.22. The number of rotatable bonds is 8. The van der Waals surface area contributed by atoms with Crippen molar-refractivity contribution in [3.8, 4) is 0 Å². The fourth-order valence-corrected chi connectivity index (χ4v) is 3.94. The minimum atomic E-state index is 0.751. The van der Waals surface area contributed by atoms with Crippen LogP contribution in [0.15, 0.2) is 40.2 Å². The molecule has 1 unspecified atom stereocenters. The fraction of sp³-hybridized carbons (Fsp3) is 0.632. The van der Waals surface area contributed by atoms with Gasteiger partial charge in [0, 0.05) is 36.8 Å². The predicted octanol–water partition coefficient (Wildman–Crippen LogP) is 3.02. The van der Waals surface area contributed by atoms with Crippen molar-refractivity contribution in [3.63, 3.8) is 0 Å². The van der Waals surface area contributed by atoms with Crippen molar-refractivity contribution in [2.24, 2.45) is 10.9 Å². The first-order valence-corrected chi connectivity index (χ1v) is 10.0. The molecule has 0 aliphatic carbocycles. The molecule has 1 aromatic carbocycles. The lowest BCUT2D eigenvalue weighted by Crippen LogP contribution is -2.40. The molecule has 24 heavy (non-hydrogen) atoms. The third-order valence-electron chi connectivity index (χ3n) is 4.17. The zero-order valence-corrected chi connectivity index (χ0v) is 16.2. The van der Waals surface area contributed by atoms with Gasteiger partial charge in [-0.3, -0.25) is 4.99 Å². The number of hydrogen-bond donors (Lipinski definition) is 1. The molecule has 1 heterocycles. The molecule has 0 saturated carbocycles. The number of guanidine groups is 1. The smallest absolute Gasteiger partial charge is 0.193 e. The maximum Gasteiger partial charge on any atom is 0.193 e. The summed E-state index contributed by atoms with van der Waals surface area (Å²) in [4.78, 5) is 10.9. The van der Waals surface area contributed by atoms with Crippen LogP contribution in [0.25, 0.3) is 0 Å². The van der Waals surface area contributed by atoms with E-state index >= 15 is 0 Å². The van der Waals surface area contributed by atoms with E-state index < -0.39 is 0 Å². The van der Waals surface area contributed by atoms with Gasteiger partial charge in [0.2, 0.25) is 0 Å². The Morgan fingerprint density at radius 3 is 2.83 bits per heavy atom. The molecule has 0 bridgehead atoms. The van der Waals surface area contributed by atoms with Crippen LogP contribution in [-0.2, 0) is 0 Å². The Labute approximate surface area is 151 Å². The van der Waals surface area contributed by atoms with Crippen molar-refractivity contribution in [1.82, 2.24) is 15.1 Å². The molecular formula is C19H32N4S. The van der Waals surface area contributed by atoms with Crippen LogP contribution in [0.5, 0.6) is 0 Å². The van der Waals surface area contributed by atoms with Gasteiger partial charge in [0.25, 0.3) is 0 Å². The summed E-state index contributed by atoms with van der Waals surface area (Å²) in [6.45, 7) is 7.33. The molecular weight excluding hydrogens is 316 g/mol. The Hall–Kier alpha value is -1.20. The Morgan fingerprint density at radius 2 is 2.12 bits per heavy atom. The highest BCUT2D eigenvalue weighted by atomic mass is 32.2. The van der Waals surface area contributed by atoms with Gasteiger partial charge >= 0.3 is 0 Å². The maximum atomic E-state index is 4.82. The lowest BCUT2D eigenvalue weighted by molar-refractivity contribution is 0.402. The molecule has 0 spiro atoms. The van der Waals surface area contributed by atoms with E-state index in [0.29, 0.717) is 0 Å². The van der Waals surface area contributed by atoms with Crippen LogP contribution in [0.1, 0.15) is 19.8 Å². The molecule has 0 amide bonds. The molecule has 1 aliphatic rings. The van der Waals surface area contributed by atoms with Crippen LogP contribution in [0.2, 0.25) is 0 Å². The quantitative estimate of drug-likeness (QED) is 0.339. The number of likely N-dealkylation sites (tertiary alicyclic amines) is 1. The van der Waals surface area contributed by atoms with Gasteiger partial charge in [-0.1, -0.05) is 18.2 Å². The van der Waals surface area contributed by atoms with Crippen LogP contribution in [0.3, 0.4) is 0 Å². The molecule has 134 valence electrons. The third-order valence-corrected chi connectivity index (χ3v) is 5.42. The Bertz CT molecular complexity index is 489. The standard InChI is InChI=1S/C19H32N4S/c1-4-20-19(21-12-8-13-22(2)3)23-14-11-17(15-23)16-24-18-9-6-5-7-10-18/h5-7,9-10,17H,4,8,11-16H2,1-3H3,(H,20,21). The minimum Gasteiger partial charge on any atom is -0.357 e. The summed E-state index contributed by atoms with van der Waals surface area (Å²) in [5, 5.41) is 3.46. The van der Waals surface area contributed by atoms with E-state index in [9.17, 15) is 0 Å². The van der Waals surface area contributed by atoms with E-state index in [4.69, 9.17) is 4.99 Å². The van der Waals surface area contributed by atoms with Gasteiger partial charge in [-0.15, -0.1) is 11.8 Å². The van der Waals surface area contributed by atoms with Gasteiger partial charge in [0.05, 0.1) is 0 Å². The number of aliphatic imine (C=N–C) groups is 1. The Kier molecular flexibility index (Phi) is 8.47. The van der Waals surface area contributed by atoms with Gasteiger partial charge in [-0.05, 0) is 58.5 Å². The summed E-state index contributed by atoms with van der Waals surface area (Å²) in [5.41, 5.74) is 0. The molecule has 1 atom stereocenters. The van der Waals surface area contributed by atoms with E-state index in [1.807, 2.05) is 11.8 Å². The first-order valence-electron chi connectivity index (χ1n) is 9.05. The average Bonchev–Trinajstić information content (AvgIpc) is 3.05. The highest BCUT2D eigenvalue weighted by molar-refractivity contribution is 7.99. The zero-order chi connectivity index (χ0) is 17.2. The highest BCUT2D eigenvalue weighted by Crippen LogP contribution is 2.25. The minimum absolute atomic E-state index is 0.751. The lowest BCUT2D eigenvalue weighted by atomic mass is 10.2. The third kappa shape index (κ3) is 6.73. The van der Waals surface area contributed by atoms with Crippen molar-refractivity contribution < 1.29 is 0 Å². The van der Waals surface area contributed by atoms with Crippen LogP contribution in [0, 0.1) is 5.92 Å². The van der Waals surface area contributed by atoms with Crippen LogP contribution in [-0.4, -0.2) is 68.3 Å². The number of hydrogen-bond acceptors (Lipinski definition) is 3. The first kappa shape index (κ1) is 19.1. The van der Waals surface area contributed by atoms with Crippen LogP contribution in [0.4, 0.5) is 0 Å². The molecule has 0 aromatic heterocycles. The van der Waals surface area contributed by atoms with Crippen LogP contribution >= 0.6 is 11.8 Å². The first-order chi connectivity index (χ1) is 11.7. The average molecular weight is 349 g/mol. The van der Waals surface area contributed by atoms with Crippen LogP contribution < -0.4 is 5.32 Å². The second-order valence-corrected chi connectivity index (χ2v) is 7.71. The topological polar surface area (TPSA) is 30.9 Å². The second-order valence-electron chi connectivity index (χ2n) is 6.62. The second kappa shape index (κ2) is 10.6. The molecule has 1 aliphatic heterocycles. The van der Waals surface area contributed by atoms with Crippen molar-refractivity contribution in [3.05, 3.63) is 30.3 Å². The summed E-state index contributed by atoms with van der Waals surface area (Å²) >= 11 is 1.98.